The number of phenols is 1. The zero-order chi connectivity index (χ0) is 14.3. The lowest BCUT2D eigenvalue weighted by Gasteiger charge is -2.04. The Bertz CT molecular complexity index is 451. The molecule has 0 heterocycles. The van der Waals surface area contributed by atoms with Crippen LogP contribution in [0.15, 0.2) is 18.2 Å². The van der Waals surface area contributed by atoms with Crippen molar-refractivity contribution in [3.8, 4) is 5.75 Å². The molecular weight excluding hydrogens is 244 g/mol. The van der Waals surface area contributed by atoms with E-state index in [4.69, 9.17) is 5.11 Å². The monoisotopic (exact) mass is 264 g/mol. The summed E-state index contributed by atoms with van der Waals surface area (Å²) in [5.41, 5.74) is 0.479. The molecule has 2 N–H and O–H groups in total. The zero-order valence-corrected chi connectivity index (χ0v) is 11.2. The Morgan fingerprint density at radius 2 is 1.89 bits per heavy atom. The van der Waals surface area contributed by atoms with Crippen LogP contribution in [0.25, 0.3) is 0 Å². The summed E-state index contributed by atoms with van der Waals surface area (Å²) in [4.78, 5) is 22.6. The summed E-state index contributed by atoms with van der Waals surface area (Å²) in [7, 11) is 0. The molecule has 4 heteroatoms. The fourth-order valence-electron chi connectivity index (χ4n) is 1.93. The molecule has 1 aromatic rings. The summed E-state index contributed by atoms with van der Waals surface area (Å²) in [5.74, 6) is -1.35. The van der Waals surface area contributed by atoms with Crippen LogP contribution in [0, 0.1) is 0 Å². The first-order valence-corrected chi connectivity index (χ1v) is 6.61. The van der Waals surface area contributed by atoms with E-state index in [2.05, 4.69) is 6.92 Å². The molecule has 0 aliphatic heterocycles. The first-order chi connectivity index (χ1) is 9.04. The maximum absolute atomic E-state index is 11.7. The maximum atomic E-state index is 11.7. The van der Waals surface area contributed by atoms with Gasteiger partial charge in [-0.15, -0.1) is 0 Å². The number of rotatable bonds is 8. The van der Waals surface area contributed by atoms with E-state index >= 15 is 0 Å². The molecule has 0 unspecified atom stereocenters. The first kappa shape index (κ1) is 15.2. The van der Waals surface area contributed by atoms with Gasteiger partial charge in [-0.2, -0.15) is 0 Å². The quantitative estimate of drug-likeness (QED) is 0.707. The summed E-state index contributed by atoms with van der Waals surface area (Å²) in [5, 5.41) is 18.3. The third kappa shape index (κ3) is 5.12. The van der Waals surface area contributed by atoms with Crippen molar-refractivity contribution in [3.63, 3.8) is 0 Å². The van der Waals surface area contributed by atoms with Crippen molar-refractivity contribution in [1.82, 2.24) is 0 Å². The zero-order valence-electron chi connectivity index (χ0n) is 11.2. The van der Waals surface area contributed by atoms with Crippen LogP contribution in [0.2, 0.25) is 0 Å². The Labute approximate surface area is 113 Å². The van der Waals surface area contributed by atoms with Gasteiger partial charge >= 0.3 is 5.97 Å². The number of carboxylic acid groups (broad SMARTS) is 1. The standard InChI is InChI=1S/C15H20O4/c1-2-3-4-5-6-12(16)9-11-7-8-14(17)13(10-11)15(18)19/h7-8,10,17H,2-6,9H2,1H3,(H,18,19). The number of benzene rings is 1. The van der Waals surface area contributed by atoms with E-state index in [-0.39, 0.29) is 23.5 Å². The molecule has 0 aliphatic carbocycles. The summed E-state index contributed by atoms with van der Waals surface area (Å²) < 4.78 is 0. The molecule has 0 radical (unpaired) electrons. The van der Waals surface area contributed by atoms with Crippen LogP contribution < -0.4 is 0 Å². The molecule has 0 aliphatic rings. The average molecular weight is 264 g/mol. The predicted octanol–water partition coefficient (Wildman–Crippen LogP) is 3.17. The highest BCUT2D eigenvalue weighted by molar-refractivity contribution is 5.91. The molecule has 4 nitrogen and oxygen atoms in total. The number of hydrogen-bond acceptors (Lipinski definition) is 3. The molecule has 19 heavy (non-hydrogen) atoms. The van der Waals surface area contributed by atoms with Crippen LogP contribution in [0.3, 0.4) is 0 Å². The SMILES string of the molecule is CCCCCCC(=O)Cc1ccc(O)c(C(=O)O)c1. The molecule has 1 aromatic carbocycles. The molecule has 0 atom stereocenters. The lowest BCUT2D eigenvalue weighted by molar-refractivity contribution is -0.118. The number of carbonyl (C=O) groups excluding carboxylic acids is 1. The first-order valence-electron chi connectivity index (χ1n) is 6.61. The van der Waals surface area contributed by atoms with Gasteiger partial charge in [-0.25, -0.2) is 4.79 Å². The number of aromatic carboxylic acids is 1. The minimum Gasteiger partial charge on any atom is -0.507 e. The van der Waals surface area contributed by atoms with Crippen LogP contribution in [0.5, 0.6) is 5.75 Å². The average Bonchev–Trinajstić information content (AvgIpc) is 2.36. The maximum Gasteiger partial charge on any atom is 0.339 e. The van der Waals surface area contributed by atoms with E-state index < -0.39 is 5.97 Å². The Morgan fingerprint density at radius 3 is 2.53 bits per heavy atom. The lowest BCUT2D eigenvalue weighted by Crippen LogP contribution is -2.04. The fourth-order valence-corrected chi connectivity index (χ4v) is 1.93. The Balaban J connectivity index is 2.55. The topological polar surface area (TPSA) is 74.6 Å². The van der Waals surface area contributed by atoms with Gasteiger partial charge in [-0.05, 0) is 24.1 Å². The van der Waals surface area contributed by atoms with Crippen molar-refractivity contribution in [2.45, 2.75) is 45.4 Å². The van der Waals surface area contributed by atoms with E-state index in [0.717, 1.165) is 25.7 Å². The van der Waals surface area contributed by atoms with Crippen molar-refractivity contribution < 1.29 is 19.8 Å². The van der Waals surface area contributed by atoms with Crippen LogP contribution in [0.4, 0.5) is 0 Å². The number of Topliss-reactive ketones (excluding diaryl/α,β-unsaturated/α-hetero) is 1. The van der Waals surface area contributed by atoms with E-state index in [9.17, 15) is 14.7 Å². The second-order valence-corrected chi connectivity index (χ2v) is 4.68. The van der Waals surface area contributed by atoms with Gasteiger partial charge in [0, 0.05) is 12.8 Å². The molecule has 0 fully saturated rings. The van der Waals surface area contributed by atoms with Crippen molar-refractivity contribution >= 4 is 11.8 Å². The second kappa shape index (κ2) is 7.56. The highest BCUT2D eigenvalue weighted by Crippen LogP contribution is 2.19. The number of hydrogen-bond donors (Lipinski definition) is 2. The highest BCUT2D eigenvalue weighted by Gasteiger charge is 2.11. The number of unbranched alkanes of at least 4 members (excludes halogenated alkanes) is 3. The minimum atomic E-state index is -1.19. The van der Waals surface area contributed by atoms with Gasteiger partial charge in [0.25, 0.3) is 0 Å². The van der Waals surface area contributed by atoms with Crippen LogP contribution in [0.1, 0.15) is 54.9 Å². The summed E-state index contributed by atoms with van der Waals surface area (Å²) in [6, 6.07) is 4.27. The van der Waals surface area contributed by atoms with Gasteiger partial charge in [0.15, 0.2) is 0 Å². The van der Waals surface area contributed by atoms with Gasteiger partial charge < -0.3 is 10.2 Å². The number of ketones is 1. The Hall–Kier alpha value is -1.84. The van der Waals surface area contributed by atoms with Gasteiger partial charge in [0.05, 0.1) is 0 Å². The van der Waals surface area contributed by atoms with Crippen molar-refractivity contribution in [3.05, 3.63) is 29.3 Å². The van der Waals surface area contributed by atoms with Crippen molar-refractivity contribution in [2.24, 2.45) is 0 Å². The minimum absolute atomic E-state index is 0.109. The van der Waals surface area contributed by atoms with E-state index in [0.29, 0.717) is 12.0 Å². The van der Waals surface area contributed by atoms with E-state index in [1.165, 1.54) is 12.1 Å². The van der Waals surface area contributed by atoms with Gasteiger partial charge in [-0.3, -0.25) is 4.79 Å². The van der Waals surface area contributed by atoms with Crippen LogP contribution in [-0.4, -0.2) is 22.0 Å². The lowest BCUT2D eigenvalue weighted by atomic mass is 10.0. The van der Waals surface area contributed by atoms with E-state index in [1.807, 2.05) is 0 Å². The highest BCUT2D eigenvalue weighted by atomic mass is 16.4. The van der Waals surface area contributed by atoms with Gasteiger partial charge in [0.2, 0.25) is 0 Å². The third-order valence-corrected chi connectivity index (χ3v) is 3.00. The molecule has 1 rings (SSSR count). The van der Waals surface area contributed by atoms with Crippen molar-refractivity contribution in [1.29, 1.82) is 0 Å². The number of carbonyl (C=O) groups is 2. The third-order valence-electron chi connectivity index (χ3n) is 3.00. The Morgan fingerprint density at radius 1 is 1.16 bits per heavy atom. The molecule has 0 bridgehead atoms. The van der Waals surface area contributed by atoms with Gasteiger partial charge in [-0.1, -0.05) is 32.3 Å². The molecule has 0 amide bonds. The largest absolute Gasteiger partial charge is 0.507 e. The van der Waals surface area contributed by atoms with Gasteiger partial charge in [0.1, 0.15) is 17.1 Å². The Kier molecular flexibility index (Phi) is 6.06. The van der Waals surface area contributed by atoms with Crippen LogP contribution >= 0.6 is 0 Å². The molecule has 0 spiro atoms. The number of carboxylic acids is 1. The van der Waals surface area contributed by atoms with E-state index in [1.54, 1.807) is 6.07 Å². The summed E-state index contributed by atoms with van der Waals surface area (Å²) in [6.07, 6.45) is 4.97. The summed E-state index contributed by atoms with van der Waals surface area (Å²) in [6.45, 7) is 2.12. The predicted molar refractivity (Wildman–Crippen MR) is 72.5 cm³/mol. The normalized spacial score (nSPS) is 10.4. The molecule has 0 saturated heterocycles. The van der Waals surface area contributed by atoms with Crippen molar-refractivity contribution in [2.75, 3.05) is 0 Å². The fraction of sp³-hybridized carbons (Fsp3) is 0.467. The smallest absolute Gasteiger partial charge is 0.339 e. The molecular formula is C15H20O4. The molecule has 0 saturated carbocycles. The second-order valence-electron chi connectivity index (χ2n) is 4.68. The molecule has 0 aromatic heterocycles. The van der Waals surface area contributed by atoms with Crippen LogP contribution in [-0.2, 0) is 11.2 Å². The number of aromatic hydroxyl groups is 1. The summed E-state index contributed by atoms with van der Waals surface area (Å²) >= 11 is 0. The molecule has 104 valence electrons.